The summed E-state index contributed by atoms with van der Waals surface area (Å²) in [4.78, 5) is 9.98. The van der Waals surface area contributed by atoms with E-state index in [9.17, 15) is 18.5 Å². The number of nitro groups is 1. The van der Waals surface area contributed by atoms with Gasteiger partial charge >= 0.3 is 0 Å². The summed E-state index contributed by atoms with van der Waals surface area (Å²) in [7, 11) is -3.70. The lowest BCUT2D eigenvalue weighted by Gasteiger charge is -2.23. The third-order valence-electron chi connectivity index (χ3n) is 3.00. The first-order valence-electron chi connectivity index (χ1n) is 5.96. The molecule has 1 aliphatic heterocycles. The van der Waals surface area contributed by atoms with E-state index in [-0.39, 0.29) is 29.0 Å². The average molecular weight is 322 g/mol. The molecule has 0 spiro atoms. The Bertz CT molecular complexity index is 573. The van der Waals surface area contributed by atoms with E-state index in [1.54, 1.807) is 0 Å². The Labute approximate surface area is 123 Å². The fraction of sp³-hybridized carbons (Fsp3) is 0.455. The molecule has 0 amide bonds. The van der Waals surface area contributed by atoms with E-state index in [4.69, 9.17) is 0 Å². The van der Waals surface area contributed by atoms with Crippen LogP contribution in [0.2, 0.25) is 0 Å². The van der Waals surface area contributed by atoms with Crippen molar-refractivity contribution < 1.29 is 13.3 Å². The molecule has 2 N–H and O–H groups in total. The minimum atomic E-state index is -3.70. The monoisotopic (exact) mass is 321 g/mol. The maximum atomic E-state index is 12.1. The lowest BCUT2D eigenvalue weighted by atomic mass is 10.1. The normalized spacial score (nSPS) is 16.4. The van der Waals surface area contributed by atoms with Crippen LogP contribution in [0.1, 0.15) is 12.8 Å². The van der Waals surface area contributed by atoms with E-state index in [0.29, 0.717) is 12.8 Å². The zero-order chi connectivity index (χ0) is 13.9. The van der Waals surface area contributed by atoms with Crippen molar-refractivity contribution in [1.82, 2.24) is 10.0 Å². The molecule has 1 heterocycles. The summed E-state index contributed by atoms with van der Waals surface area (Å²) in [6.45, 7) is 1.53. The van der Waals surface area contributed by atoms with Crippen molar-refractivity contribution in [2.75, 3.05) is 13.1 Å². The molecule has 0 atom stereocenters. The van der Waals surface area contributed by atoms with E-state index < -0.39 is 14.9 Å². The van der Waals surface area contributed by atoms with Crippen molar-refractivity contribution >= 4 is 28.1 Å². The molecule has 0 unspecified atom stereocenters. The van der Waals surface area contributed by atoms with Gasteiger partial charge in [-0.25, -0.2) is 13.1 Å². The van der Waals surface area contributed by atoms with Crippen LogP contribution in [0.4, 0.5) is 5.69 Å². The van der Waals surface area contributed by atoms with E-state index in [0.717, 1.165) is 19.2 Å². The van der Waals surface area contributed by atoms with Crippen LogP contribution in [-0.4, -0.2) is 32.5 Å². The van der Waals surface area contributed by atoms with Crippen LogP contribution in [0, 0.1) is 10.1 Å². The predicted molar refractivity (Wildman–Crippen MR) is 76.6 cm³/mol. The number of halogens is 1. The first kappa shape index (κ1) is 16.8. The first-order valence-corrected chi connectivity index (χ1v) is 7.45. The van der Waals surface area contributed by atoms with Crippen LogP contribution < -0.4 is 10.0 Å². The van der Waals surface area contributed by atoms with Gasteiger partial charge in [0, 0.05) is 18.2 Å². The van der Waals surface area contributed by atoms with Gasteiger partial charge < -0.3 is 5.32 Å². The summed E-state index contributed by atoms with van der Waals surface area (Å²) in [5, 5.41) is 13.8. The van der Waals surface area contributed by atoms with E-state index in [1.807, 2.05) is 0 Å². The Hall–Kier alpha value is -1.22. The molecule has 2 rings (SSSR count). The minimum Gasteiger partial charge on any atom is -0.317 e. The molecule has 0 bridgehead atoms. The number of hydrogen-bond donors (Lipinski definition) is 2. The van der Waals surface area contributed by atoms with Crippen LogP contribution >= 0.6 is 12.4 Å². The molecule has 1 aliphatic rings. The predicted octanol–water partition coefficient (Wildman–Crippen LogP) is 1.05. The van der Waals surface area contributed by atoms with Gasteiger partial charge in [0.25, 0.3) is 5.69 Å². The van der Waals surface area contributed by atoms with Gasteiger partial charge in [-0.05, 0) is 32.0 Å². The maximum Gasteiger partial charge on any atom is 0.270 e. The van der Waals surface area contributed by atoms with Crippen molar-refractivity contribution in [1.29, 1.82) is 0 Å². The number of benzene rings is 1. The third kappa shape index (κ3) is 4.14. The van der Waals surface area contributed by atoms with Gasteiger partial charge in [0.05, 0.1) is 9.82 Å². The molecular formula is C11H16ClN3O4S. The zero-order valence-electron chi connectivity index (χ0n) is 10.6. The second-order valence-corrected chi connectivity index (χ2v) is 6.11. The van der Waals surface area contributed by atoms with E-state index in [2.05, 4.69) is 10.0 Å². The van der Waals surface area contributed by atoms with Crippen LogP contribution in [-0.2, 0) is 10.0 Å². The van der Waals surface area contributed by atoms with Crippen molar-refractivity contribution in [3.05, 3.63) is 34.4 Å². The van der Waals surface area contributed by atoms with Gasteiger partial charge in [-0.1, -0.05) is 6.07 Å². The molecular weight excluding hydrogens is 306 g/mol. The third-order valence-corrected chi connectivity index (χ3v) is 4.52. The molecule has 7 nitrogen and oxygen atoms in total. The molecule has 0 radical (unpaired) electrons. The van der Waals surface area contributed by atoms with Crippen LogP contribution in [0.5, 0.6) is 0 Å². The largest absolute Gasteiger partial charge is 0.317 e. The highest BCUT2D eigenvalue weighted by atomic mass is 35.5. The number of piperidine rings is 1. The lowest BCUT2D eigenvalue weighted by molar-refractivity contribution is -0.385. The quantitative estimate of drug-likeness (QED) is 0.637. The number of nitrogens with one attached hydrogen (secondary N) is 2. The highest BCUT2D eigenvalue weighted by Crippen LogP contribution is 2.18. The molecule has 0 aliphatic carbocycles. The SMILES string of the molecule is Cl.O=[N+]([O-])c1cccc(S(=O)(=O)NC2CCNCC2)c1. The standard InChI is InChI=1S/C11H15N3O4S.ClH/c15-14(16)10-2-1-3-11(8-10)19(17,18)13-9-4-6-12-7-5-9;/h1-3,8-9,12-13H,4-7H2;1H. The number of non-ortho nitro benzene ring substituents is 1. The second kappa shape index (κ2) is 6.98. The maximum absolute atomic E-state index is 12.1. The Kier molecular flexibility index (Phi) is 5.88. The van der Waals surface area contributed by atoms with Crippen LogP contribution in [0.15, 0.2) is 29.2 Å². The van der Waals surface area contributed by atoms with Gasteiger partial charge in [-0.2, -0.15) is 0 Å². The molecule has 9 heteroatoms. The molecule has 1 aromatic carbocycles. The molecule has 1 fully saturated rings. The highest BCUT2D eigenvalue weighted by molar-refractivity contribution is 7.89. The van der Waals surface area contributed by atoms with Crippen LogP contribution in [0.25, 0.3) is 0 Å². The van der Waals surface area contributed by atoms with Crippen molar-refractivity contribution in [3.63, 3.8) is 0 Å². The van der Waals surface area contributed by atoms with Crippen molar-refractivity contribution in [3.8, 4) is 0 Å². The van der Waals surface area contributed by atoms with E-state index >= 15 is 0 Å². The smallest absolute Gasteiger partial charge is 0.270 e. The number of rotatable bonds is 4. The molecule has 20 heavy (non-hydrogen) atoms. The second-order valence-electron chi connectivity index (χ2n) is 4.40. The van der Waals surface area contributed by atoms with Crippen LogP contribution in [0.3, 0.4) is 0 Å². The van der Waals surface area contributed by atoms with E-state index in [1.165, 1.54) is 18.2 Å². The summed E-state index contributed by atoms with van der Waals surface area (Å²) >= 11 is 0. The Morgan fingerprint density at radius 1 is 1.30 bits per heavy atom. The van der Waals surface area contributed by atoms with Crippen molar-refractivity contribution in [2.45, 2.75) is 23.8 Å². The van der Waals surface area contributed by atoms with Gasteiger partial charge in [-0.15, -0.1) is 12.4 Å². The summed E-state index contributed by atoms with van der Waals surface area (Å²) in [5.41, 5.74) is -0.229. The van der Waals surface area contributed by atoms with Gasteiger partial charge in [-0.3, -0.25) is 10.1 Å². The number of hydrogen-bond acceptors (Lipinski definition) is 5. The topological polar surface area (TPSA) is 101 Å². The number of sulfonamides is 1. The highest BCUT2D eigenvalue weighted by Gasteiger charge is 2.23. The number of nitrogens with zero attached hydrogens (tertiary/aromatic N) is 1. The number of nitro benzene ring substituents is 1. The Morgan fingerprint density at radius 2 is 1.95 bits per heavy atom. The molecule has 0 aromatic heterocycles. The van der Waals surface area contributed by atoms with Gasteiger partial charge in [0.15, 0.2) is 0 Å². The van der Waals surface area contributed by atoms with Gasteiger partial charge in [0.2, 0.25) is 10.0 Å². The molecule has 112 valence electrons. The summed E-state index contributed by atoms with van der Waals surface area (Å²) in [5.74, 6) is 0. The average Bonchev–Trinajstić information content (AvgIpc) is 2.39. The summed E-state index contributed by atoms with van der Waals surface area (Å²) in [6, 6.07) is 4.95. The summed E-state index contributed by atoms with van der Waals surface area (Å²) in [6.07, 6.45) is 1.43. The molecule has 1 aromatic rings. The molecule has 1 saturated heterocycles. The Balaban J connectivity index is 0.00000200. The van der Waals surface area contributed by atoms with Gasteiger partial charge in [0.1, 0.15) is 0 Å². The fourth-order valence-electron chi connectivity index (χ4n) is 1.99. The Morgan fingerprint density at radius 3 is 2.55 bits per heavy atom. The summed E-state index contributed by atoms with van der Waals surface area (Å²) < 4.78 is 26.8. The zero-order valence-corrected chi connectivity index (χ0v) is 12.2. The fourth-order valence-corrected chi connectivity index (χ4v) is 3.34. The molecule has 0 saturated carbocycles. The minimum absolute atomic E-state index is 0. The first-order chi connectivity index (χ1) is 8.99. The van der Waals surface area contributed by atoms with Crippen molar-refractivity contribution in [2.24, 2.45) is 0 Å². The lowest BCUT2D eigenvalue weighted by Crippen LogP contribution is -2.42.